The lowest BCUT2D eigenvalue weighted by Crippen LogP contribution is -2.17. The molecular weight excluding hydrogens is 279 g/mol. The molecule has 21 heavy (non-hydrogen) atoms. The van der Waals surface area contributed by atoms with E-state index in [9.17, 15) is 13.2 Å². The maximum Gasteiger partial charge on any atom is 0.573 e. The zero-order valence-electron chi connectivity index (χ0n) is 11.2. The maximum atomic E-state index is 12.1. The molecule has 2 aromatic carbocycles. The number of benzene rings is 2. The minimum Gasteiger partial charge on any atom is -0.406 e. The molecule has 0 saturated carbocycles. The predicted octanol–water partition coefficient (Wildman–Crippen LogP) is 4.84. The van der Waals surface area contributed by atoms with Gasteiger partial charge in [0.25, 0.3) is 0 Å². The Bertz CT molecular complexity index is 772. The quantitative estimate of drug-likeness (QED) is 0.659. The van der Waals surface area contributed by atoms with E-state index in [1.807, 2.05) is 42.0 Å². The molecule has 0 spiro atoms. The Kier molecular flexibility index (Phi) is 3.12. The fourth-order valence-electron chi connectivity index (χ4n) is 2.37. The van der Waals surface area contributed by atoms with Crippen molar-refractivity contribution < 1.29 is 17.9 Å². The van der Waals surface area contributed by atoms with Gasteiger partial charge < -0.3 is 9.30 Å². The van der Waals surface area contributed by atoms with E-state index in [2.05, 4.69) is 4.74 Å². The summed E-state index contributed by atoms with van der Waals surface area (Å²) in [5, 5.41) is 1.12. The zero-order valence-corrected chi connectivity index (χ0v) is 11.2. The number of aromatic nitrogens is 1. The normalized spacial score (nSPS) is 11.8. The lowest BCUT2D eigenvalue weighted by Gasteiger charge is -2.10. The summed E-state index contributed by atoms with van der Waals surface area (Å²) in [6.45, 7) is 2.00. The van der Waals surface area contributed by atoms with Crippen LogP contribution in [0.2, 0.25) is 0 Å². The van der Waals surface area contributed by atoms with Crippen molar-refractivity contribution in [3.8, 4) is 11.4 Å². The van der Waals surface area contributed by atoms with Gasteiger partial charge in [0, 0.05) is 17.3 Å². The van der Waals surface area contributed by atoms with Gasteiger partial charge in [-0.05, 0) is 42.8 Å². The molecule has 0 unspecified atom stereocenters. The lowest BCUT2D eigenvalue weighted by molar-refractivity contribution is -0.274. The van der Waals surface area contributed by atoms with Crippen LogP contribution in [0.3, 0.4) is 0 Å². The standard InChI is InChI=1S/C16H12F3NO/c1-11-10-20(15-5-3-2-4-14(11)15)12-6-8-13(9-7-12)21-16(17,18)19/h2-10H,1H3. The third kappa shape index (κ3) is 2.72. The summed E-state index contributed by atoms with van der Waals surface area (Å²) < 4.78 is 42.3. The van der Waals surface area contributed by atoms with Gasteiger partial charge in [-0.3, -0.25) is 0 Å². The van der Waals surface area contributed by atoms with Crippen LogP contribution in [0.15, 0.2) is 54.7 Å². The minimum absolute atomic E-state index is 0.223. The van der Waals surface area contributed by atoms with Crippen LogP contribution in [0.1, 0.15) is 5.56 Å². The summed E-state index contributed by atoms with van der Waals surface area (Å²) in [6.07, 6.45) is -2.71. The number of aryl methyl sites for hydroxylation is 1. The van der Waals surface area contributed by atoms with Gasteiger partial charge in [0.1, 0.15) is 5.75 Å². The van der Waals surface area contributed by atoms with E-state index in [1.54, 1.807) is 12.1 Å². The van der Waals surface area contributed by atoms with Gasteiger partial charge in [0.2, 0.25) is 0 Å². The van der Waals surface area contributed by atoms with Crippen LogP contribution in [-0.2, 0) is 0 Å². The van der Waals surface area contributed by atoms with Crippen molar-refractivity contribution in [3.63, 3.8) is 0 Å². The van der Waals surface area contributed by atoms with Crippen molar-refractivity contribution in [2.75, 3.05) is 0 Å². The number of halogens is 3. The highest BCUT2D eigenvalue weighted by Crippen LogP contribution is 2.27. The van der Waals surface area contributed by atoms with E-state index in [0.29, 0.717) is 0 Å². The van der Waals surface area contributed by atoms with E-state index >= 15 is 0 Å². The largest absolute Gasteiger partial charge is 0.573 e. The van der Waals surface area contributed by atoms with Gasteiger partial charge in [0.15, 0.2) is 0 Å². The van der Waals surface area contributed by atoms with Crippen LogP contribution in [0, 0.1) is 6.92 Å². The molecule has 108 valence electrons. The van der Waals surface area contributed by atoms with Gasteiger partial charge in [-0.15, -0.1) is 13.2 Å². The molecule has 0 N–H and O–H groups in total. The molecule has 0 aliphatic heterocycles. The Morgan fingerprint density at radius 2 is 1.62 bits per heavy atom. The molecule has 0 bridgehead atoms. The van der Waals surface area contributed by atoms with Crippen molar-refractivity contribution in [2.24, 2.45) is 0 Å². The Balaban J connectivity index is 2.00. The van der Waals surface area contributed by atoms with Gasteiger partial charge in [0.05, 0.1) is 5.52 Å². The predicted molar refractivity (Wildman–Crippen MR) is 74.7 cm³/mol. The molecule has 0 amide bonds. The molecule has 1 heterocycles. The molecule has 0 atom stereocenters. The van der Waals surface area contributed by atoms with Crippen molar-refractivity contribution in [2.45, 2.75) is 13.3 Å². The van der Waals surface area contributed by atoms with Gasteiger partial charge in [-0.2, -0.15) is 0 Å². The first-order chi connectivity index (χ1) is 9.94. The molecule has 3 aromatic rings. The number of alkyl halides is 3. The molecule has 0 aliphatic carbocycles. The van der Waals surface area contributed by atoms with E-state index < -0.39 is 6.36 Å². The summed E-state index contributed by atoms with van der Waals surface area (Å²) in [6, 6.07) is 13.7. The molecule has 0 fully saturated rings. The first kappa shape index (κ1) is 13.5. The molecule has 5 heteroatoms. The third-order valence-electron chi connectivity index (χ3n) is 3.26. The van der Waals surface area contributed by atoms with E-state index in [4.69, 9.17) is 0 Å². The number of hydrogen-bond donors (Lipinski definition) is 0. The van der Waals surface area contributed by atoms with Crippen molar-refractivity contribution >= 4 is 10.9 Å². The number of nitrogens with zero attached hydrogens (tertiary/aromatic N) is 1. The Morgan fingerprint density at radius 1 is 0.952 bits per heavy atom. The number of fused-ring (bicyclic) bond motifs is 1. The van der Waals surface area contributed by atoms with Crippen molar-refractivity contribution in [1.29, 1.82) is 0 Å². The molecule has 0 aliphatic rings. The van der Waals surface area contributed by atoms with Crippen molar-refractivity contribution in [3.05, 3.63) is 60.3 Å². The van der Waals surface area contributed by atoms with Gasteiger partial charge >= 0.3 is 6.36 Å². The lowest BCUT2D eigenvalue weighted by atomic mass is 10.2. The highest BCUT2D eigenvalue weighted by atomic mass is 19.4. The van der Waals surface area contributed by atoms with Gasteiger partial charge in [-0.1, -0.05) is 18.2 Å². The molecule has 3 rings (SSSR count). The zero-order chi connectivity index (χ0) is 15.0. The summed E-state index contributed by atoms with van der Waals surface area (Å²) >= 11 is 0. The summed E-state index contributed by atoms with van der Waals surface area (Å²) in [5.74, 6) is -0.223. The third-order valence-corrected chi connectivity index (χ3v) is 3.26. The second kappa shape index (κ2) is 4.84. The van der Waals surface area contributed by atoms with Crippen LogP contribution in [0.25, 0.3) is 16.6 Å². The van der Waals surface area contributed by atoms with Crippen LogP contribution in [0.5, 0.6) is 5.75 Å². The molecule has 0 radical (unpaired) electrons. The highest BCUT2D eigenvalue weighted by Gasteiger charge is 2.30. The second-order valence-electron chi connectivity index (χ2n) is 4.74. The van der Waals surface area contributed by atoms with Crippen molar-refractivity contribution in [1.82, 2.24) is 4.57 Å². The van der Waals surface area contributed by atoms with Gasteiger partial charge in [-0.25, -0.2) is 0 Å². The topological polar surface area (TPSA) is 14.2 Å². The molecule has 2 nitrogen and oxygen atoms in total. The number of para-hydroxylation sites is 1. The van der Waals surface area contributed by atoms with Crippen LogP contribution in [-0.4, -0.2) is 10.9 Å². The molecule has 0 saturated heterocycles. The van der Waals surface area contributed by atoms with E-state index in [1.165, 1.54) is 12.1 Å². The van der Waals surface area contributed by atoms with Crippen LogP contribution < -0.4 is 4.74 Å². The smallest absolute Gasteiger partial charge is 0.406 e. The number of ether oxygens (including phenoxy) is 1. The highest BCUT2D eigenvalue weighted by molar-refractivity contribution is 5.85. The van der Waals surface area contributed by atoms with E-state index in [-0.39, 0.29) is 5.75 Å². The van der Waals surface area contributed by atoms with Crippen LogP contribution >= 0.6 is 0 Å². The molecular formula is C16H12F3NO. The second-order valence-corrected chi connectivity index (χ2v) is 4.74. The number of hydrogen-bond acceptors (Lipinski definition) is 1. The minimum atomic E-state index is -4.67. The van der Waals surface area contributed by atoms with Crippen LogP contribution in [0.4, 0.5) is 13.2 Å². The first-order valence-electron chi connectivity index (χ1n) is 6.37. The first-order valence-corrected chi connectivity index (χ1v) is 6.37. The SMILES string of the molecule is Cc1cn(-c2ccc(OC(F)(F)F)cc2)c2ccccc12. The molecule has 1 aromatic heterocycles. The Morgan fingerprint density at radius 3 is 2.29 bits per heavy atom. The maximum absolute atomic E-state index is 12.1. The fraction of sp³-hybridized carbons (Fsp3) is 0.125. The summed E-state index contributed by atoms with van der Waals surface area (Å²) in [7, 11) is 0. The average molecular weight is 291 g/mol. The summed E-state index contributed by atoms with van der Waals surface area (Å²) in [4.78, 5) is 0. The average Bonchev–Trinajstić information content (AvgIpc) is 2.76. The van der Waals surface area contributed by atoms with E-state index in [0.717, 1.165) is 22.2 Å². The fourth-order valence-corrected chi connectivity index (χ4v) is 2.37. The Labute approximate surface area is 119 Å². The summed E-state index contributed by atoms with van der Waals surface area (Å²) in [5.41, 5.74) is 2.91. The monoisotopic (exact) mass is 291 g/mol. The Hall–Kier alpha value is -2.43. The number of rotatable bonds is 2.